The number of amides is 1. The fraction of sp³-hybridized carbons (Fsp3) is 0.308. The molecule has 0 atom stereocenters. The van der Waals surface area contributed by atoms with Crippen molar-refractivity contribution in [1.29, 1.82) is 0 Å². The first kappa shape index (κ1) is 11.7. The summed E-state index contributed by atoms with van der Waals surface area (Å²) >= 11 is 0. The lowest BCUT2D eigenvalue weighted by atomic mass is 10.2. The van der Waals surface area contributed by atoms with Crippen LogP contribution in [0.4, 0.5) is 0 Å². The zero-order chi connectivity index (χ0) is 13.6. The molecule has 1 aliphatic heterocycles. The number of aromatic nitrogens is 2. The van der Waals surface area contributed by atoms with Crippen molar-refractivity contribution in [3.8, 4) is 0 Å². The molecular weight excluding hydrogens is 246 g/mol. The molecule has 1 N–H and O–H groups in total. The molecule has 1 amide bonds. The van der Waals surface area contributed by atoms with Crippen molar-refractivity contribution in [2.75, 3.05) is 13.6 Å². The predicted molar refractivity (Wildman–Crippen MR) is 68.3 cm³/mol. The average Bonchev–Trinajstić information content (AvgIpc) is 2.69. The molecule has 6 heteroatoms. The molecule has 1 aromatic heterocycles. The molecule has 1 aromatic carbocycles. The van der Waals surface area contributed by atoms with Gasteiger partial charge in [-0.3, -0.25) is 4.79 Å². The van der Waals surface area contributed by atoms with E-state index in [1.165, 1.54) is 6.07 Å². The number of aryl methyl sites for hydroxylation is 1. The summed E-state index contributed by atoms with van der Waals surface area (Å²) in [5.74, 6) is -0.711. The maximum atomic E-state index is 12.2. The fourth-order valence-electron chi connectivity index (χ4n) is 2.38. The van der Waals surface area contributed by atoms with Crippen LogP contribution in [-0.4, -0.2) is 45.0 Å². The molecule has 0 saturated heterocycles. The van der Waals surface area contributed by atoms with Crippen LogP contribution in [0, 0.1) is 0 Å². The van der Waals surface area contributed by atoms with Crippen molar-refractivity contribution in [3.63, 3.8) is 0 Å². The Kier molecular flexibility index (Phi) is 2.51. The number of imidazole rings is 1. The van der Waals surface area contributed by atoms with Crippen LogP contribution in [-0.2, 0) is 6.54 Å². The monoisotopic (exact) mass is 259 g/mol. The van der Waals surface area contributed by atoms with E-state index in [0.717, 1.165) is 6.42 Å². The summed E-state index contributed by atoms with van der Waals surface area (Å²) in [6, 6.07) is 4.73. The minimum Gasteiger partial charge on any atom is -0.478 e. The summed E-state index contributed by atoms with van der Waals surface area (Å²) in [5, 5.41) is 9.03. The first-order valence-corrected chi connectivity index (χ1v) is 6.07. The van der Waals surface area contributed by atoms with Crippen LogP contribution in [0.15, 0.2) is 18.2 Å². The van der Waals surface area contributed by atoms with Gasteiger partial charge in [-0.25, -0.2) is 9.78 Å². The van der Waals surface area contributed by atoms with Crippen molar-refractivity contribution in [1.82, 2.24) is 14.5 Å². The van der Waals surface area contributed by atoms with Crippen LogP contribution in [0.3, 0.4) is 0 Å². The average molecular weight is 259 g/mol. The van der Waals surface area contributed by atoms with Crippen LogP contribution in [0.5, 0.6) is 0 Å². The van der Waals surface area contributed by atoms with E-state index in [4.69, 9.17) is 5.11 Å². The van der Waals surface area contributed by atoms with E-state index in [-0.39, 0.29) is 11.5 Å². The van der Waals surface area contributed by atoms with E-state index in [2.05, 4.69) is 4.98 Å². The van der Waals surface area contributed by atoms with Crippen molar-refractivity contribution >= 4 is 22.9 Å². The van der Waals surface area contributed by atoms with Gasteiger partial charge < -0.3 is 14.6 Å². The second kappa shape index (κ2) is 4.08. The Hall–Kier alpha value is -2.37. The number of rotatable bonds is 1. The number of carbonyl (C=O) groups is 2. The first-order chi connectivity index (χ1) is 9.08. The maximum absolute atomic E-state index is 12.2. The molecular formula is C13H13N3O3. The zero-order valence-corrected chi connectivity index (χ0v) is 10.5. The maximum Gasteiger partial charge on any atom is 0.335 e. The largest absolute Gasteiger partial charge is 0.478 e. The quantitative estimate of drug-likeness (QED) is 0.835. The molecule has 0 aliphatic carbocycles. The van der Waals surface area contributed by atoms with Gasteiger partial charge in [0.2, 0.25) is 0 Å². The number of hydrogen-bond donors (Lipinski definition) is 1. The van der Waals surface area contributed by atoms with Gasteiger partial charge >= 0.3 is 5.97 Å². The van der Waals surface area contributed by atoms with E-state index in [1.54, 1.807) is 24.1 Å². The topological polar surface area (TPSA) is 75.4 Å². The van der Waals surface area contributed by atoms with E-state index in [9.17, 15) is 9.59 Å². The Morgan fingerprint density at radius 3 is 2.89 bits per heavy atom. The summed E-state index contributed by atoms with van der Waals surface area (Å²) < 4.78 is 1.81. The minimum atomic E-state index is -0.977. The van der Waals surface area contributed by atoms with Gasteiger partial charge in [0, 0.05) is 20.1 Å². The molecule has 0 saturated carbocycles. The summed E-state index contributed by atoms with van der Waals surface area (Å²) in [6.45, 7) is 1.35. The summed E-state index contributed by atoms with van der Waals surface area (Å²) in [7, 11) is 1.75. The van der Waals surface area contributed by atoms with Gasteiger partial charge in [0.1, 0.15) is 0 Å². The highest BCUT2D eigenvalue weighted by atomic mass is 16.4. The standard InChI is InChI=1S/C13H13N3O3/c1-15-5-2-6-16-10-7-8(13(18)19)3-4-9(10)14-11(16)12(15)17/h3-4,7H,2,5-6H2,1H3,(H,18,19). The Labute approximate surface area is 109 Å². The Morgan fingerprint density at radius 1 is 1.37 bits per heavy atom. The smallest absolute Gasteiger partial charge is 0.335 e. The van der Waals surface area contributed by atoms with Gasteiger partial charge in [-0.2, -0.15) is 0 Å². The van der Waals surface area contributed by atoms with Gasteiger partial charge in [-0.1, -0.05) is 0 Å². The van der Waals surface area contributed by atoms with E-state index in [0.29, 0.717) is 29.9 Å². The lowest BCUT2D eigenvalue weighted by Crippen LogP contribution is -2.27. The van der Waals surface area contributed by atoms with Crippen LogP contribution >= 0.6 is 0 Å². The fourth-order valence-corrected chi connectivity index (χ4v) is 2.38. The molecule has 2 heterocycles. The molecule has 19 heavy (non-hydrogen) atoms. The highest BCUT2D eigenvalue weighted by Gasteiger charge is 2.24. The third-order valence-electron chi connectivity index (χ3n) is 3.41. The molecule has 98 valence electrons. The van der Waals surface area contributed by atoms with E-state index in [1.807, 2.05) is 4.57 Å². The first-order valence-electron chi connectivity index (χ1n) is 6.07. The zero-order valence-electron chi connectivity index (χ0n) is 10.5. The lowest BCUT2D eigenvalue weighted by Gasteiger charge is -2.11. The third-order valence-corrected chi connectivity index (χ3v) is 3.41. The predicted octanol–water partition coefficient (Wildman–Crippen LogP) is 1.21. The molecule has 1 aliphatic rings. The van der Waals surface area contributed by atoms with Gasteiger partial charge in [-0.15, -0.1) is 0 Å². The number of fused-ring (bicyclic) bond motifs is 3. The Bertz CT molecular complexity index is 690. The van der Waals surface area contributed by atoms with Gasteiger partial charge in [0.05, 0.1) is 16.6 Å². The minimum absolute atomic E-state index is 0.120. The van der Waals surface area contributed by atoms with Crippen LogP contribution < -0.4 is 0 Å². The highest BCUT2D eigenvalue weighted by molar-refractivity contribution is 5.97. The van der Waals surface area contributed by atoms with Crippen molar-refractivity contribution < 1.29 is 14.7 Å². The molecule has 0 spiro atoms. The van der Waals surface area contributed by atoms with Crippen molar-refractivity contribution in [2.45, 2.75) is 13.0 Å². The second-order valence-corrected chi connectivity index (χ2v) is 4.68. The van der Waals surface area contributed by atoms with Gasteiger partial charge in [0.15, 0.2) is 5.82 Å². The lowest BCUT2D eigenvalue weighted by molar-refractivity contribution is 0.0696. The summed E-state index contributed by atoms with van der Waals surface area (Å²) in [6.07, 6.45) is 0.831. The number of carboxylic acid groups (broad SMARTS) is 1. The molecule has 2 aromatic rings. The second-order valence-electron chi connectivity index (χ2n) is 4.68. The van der Waals surface area contributed by atoms with Gasteiger partial charge in [0.25, 0.3) is 5.91 Å². The molecule has 6 nitrogen and oxygen atoms in total. The highest BCUT2D eigenvalue weighted by Crippen LogP contribution is 2.21. The molecule has 0 fully saturated rings. The number of nitrogens with zero attached hydrogens (tertiary/aromatic N) is 3. The number of carbonyl (C=O) groups excluding carboxylic acids is 1. The van der Waals surface area contributed by atoms with Crippen molar-refractivity contribution in [3.05, 3.63) is 29.6 Å². The number of aromatic carboxylic acids is 1. The summed E-state index contributed by atoms with van der Waals surface area (Å²) in [5.41, 5.74) is 1.57. The molecule has 0 radical (unpaired) electrons. The summed E-state index contributed by atoms with van der Waals surface area (Å²) in [4.78, 5) is 29.1. The number of benzene rings is 1. The van der Waals surface area contributed by atoms with E-state index >= 15 is 0 Å². The molecule has 0 bridgehead atoms. The SMILES string of the molecule is CN1CCCn2c(nc3ccc(C(=O)O)cc32)C1=O. The molecule has 0 unspecified atom stereocenters. The molecule has 3 rings (SSSR count). The van der Waals surface area contributed by atoms with Crippen LogP contribution in [0.2, 0.25) is 0 Å². The Morgan fingerprint density at radius 2 is 2.16 bits per heavy atom. The van der Waals surface area contributed by atoms with Crippen molar-refractivity contribution in [2.24, 2.45) is 0 Å². The van der Waals surface area contributed by atoms with Gasteiger partial charge in [-0.05, 0) is 24.6 Å². The third kappa shape index (κ3) is 1.76. The number of carboxylic acids is 1. The Balaban J connectivity index is 2.24. The number of hydrogen-bond acceptors (Lipinski definition) is 3. The van der Waals surface area contributed by atoms with E-state index < -0.39 is 5.97 Å². The normalized spacial score (nSPS) is 15.4. The van der Waals surface area contributed by atoms with Crippen LogP contribution in [0.25, 0.3) is 11.0 Å². The van der Waals surface area contributed by atoms with Crippen LogP contribution in [0.1, 0.15) is 27.4 Å².